The number of nitrogens with zero attached hydrogens (tertiary/aromatic N) is 2. The molecule has 0 saturated carbocycles. The summed E-state index contributed by atoms with van der Waals surface area (Å²) in [7, 11) is 0. The van der Waals surface area contributed by atoms with Crippen molar-refractivity contribution < 1.29 is 4.79 Å². The molecule has 3 rings (SSSR count). The second kappa shape index (κ2) is 5.40. The fourth-order valence-corrected chi connectivity index (χ4v) is 2.82. The molecule has 2 aromatic rings. The van der Waals surface area contributed by atoms with Gasteiger partial charge in [0.2, 0.25) is 0 Å². The van der Waals surface area contributed by atoms with Crippen LogP contribution < -0.4 is 11.1 Å². The summed E-state index contributed by atoms with van der Waals surface area (Å²) >= 11 is 0. The molecule has 5 nitrogen and oxygen atoms in total. The van der Waals surface area contributed by atoms with Crippen LogP contribution in [0.15, 0.2) is 30.6 Å². The Kier molecular flexibility index (Phi) is 3.56. The molecule has 0 saturated heterocycles. The Bertz CT molecular complexity index is 710. The van der Waals surface area contributed by atoms with Crippen molar-refractivity contribution in [2.75, 3.05) is 11.1 Å². The van der Waals surface area contributed by atoms with E-state index in [4.69, 9.17) is 5.73 Å². The maximum atomic E-state index is 12.2. The van der Waals surface area contributed by atoms with Gasteiger partial charge in [0.05, 0.1) is 11.4 Å². The molecule has 1 aliphatic carbocycles. The topological polar surface area (TPSA) is 80.9 Å². The van der Waals surface area contributed by atoms with E-state index in [1.165, 1.54) is 0 Å². The zero-order valence-electron chi connectivity index (χ0n) is 12.9. The number of carbonyl (C=O) groups excluding carboxylic acids is 1. The van der Waals surface area contributed by atoms with E-state index in [0.717, 1.165) is 17.7 Å². The van der Waals surface area contributed by atoms with Gasteiger partial charge in [-0.15, -0.1) is 0 Å². The van der Waals surface area contributed by atoms with E-state index in [0.29, 0.717) is 30.0 Å². The van der Waals surface area contributed by atoms with Crippen LogP contribution in [-0.2, 0) is 13.0 Å². The minimum absolute atomic E-state index is 0.0478. The largest absolute Gasteiger partial charge is 0.396 e. The molecule has 1 aliphatic rings. The molecule has 0 aliphatic heterocycles. The van der Waals surface area contributed by atoms with Gasteiger partial charge in [-0.3, -0.25) is 9.78 Å². The number of hydrogen-bond acceptors (Lipinski definition) is 5. The lowest BCUT2D eigenvalue weighted by Crippen LogP contribution is -2.28. The number of rotatable bonds is 3. The summed E-state index contributed by atoms with van der Waals surface area (Å²) < 4.78 is 0. The summed E-state index contributed by atoms with van der Waals surface area (Å²) in [6, 6.07) is 5.63. The van der Waals surface area contributed by atoms with Crippen molar-refractivity contribution in [1.82, 2.24) is 9.97 Å². The Morgan fingerprint density at radius 3 is 2.91 bits per heavy atom. The molecular formula is C17H20N4O. The van der Waals surface area contributed by atoms with Crippen molar-refractivity contribution in [2.24, 2.45) is 5.41 Å². The zero-order chi connectivity index (χ0) is 15.7. The fraction of sp³-hybridized carbons (Fsp3) is 0.353. The maximum absolute atomic E-state index is 12.2. The number of ketones is 1. The van der Waals surface area contributed by atoms with Crippen LogP contribution in [0.2, 0.25) is 0 Å². The lowest BCUT2D eigenvalue weighted by atomic mass is 9.75. The van der Waals surface area contributed by atoms with Crippen LogP contribution >= 0.6 is 0 Å². The number of carbonyl (C=O) groups is 1. The number of aromatic nitrogens is 2. The molecule has 22 heavy (non-hydrogen) atoms. The number of nitrogen functional groups attached to an aromatic ring is 1. The van der Waals surface area contributed by atoms with Crippen molar-refractivity contribution >= 4 is 17.3 Å². The number of fused-ring (bicyclic) bond motifs is 1. The summed E-state index contributed by atoms with van der Waals surface area (Å²) in [4.78, 5) is 20.9. The van der Waals surface area contributed by atoms with Crippen molar-refractivity contribution in [2.45, 2.75) is 33.2 Å². The molecule has 0 bridgehead atoms. The van der Waals surface area contributed by atoms with E-state index in [1.807, 2.05) is 12.1 Å². The van der Waals surface area contributed by atoms with Crippen LogP contribution in [0, 0.1) is 5.41 Å². The highest BCUT2D eigenvalue weighted by molar-refractivity contribution is 6.00. The molecule has 2 heterocycles. The van der Waals surface area contributed by atoms with Crippen molar-refractivity contribution in [3.63, 3.8) is 0 Å². The molecule has 0 amide bonds. The second-order valence-electron chi connectivity index (χ2n) is 6.58. The van der Waals surface area contributed by atoms with E-state index < -0.39 is 0 Å². The smallest absolute Gasteiger partial charge is 0.165 e. The van der Waals surface area contributed by atoms with Crippen molar-refractivity contribution in [3.8, 4) is 0 Å². The standard InChI is InChI=1S/C17H20N4O/c1-17(2)7-14-12(15(22)8-17)6-13(18)16(21-14)20-10-11-4-3-5-19-9-11/h3-6,9H,7-8,10,18H2,1-2H3,(H,20,21). The minimum atomic E-state index is -0.0478. The van der Waals surface area contributed by atoms with E-state index >= 15 is 0 Å². The Morgan fingerprint density at radius 2 is 2.18 bits per heavy atom. The first-order chi connectivity index (χ1) is 10.4. The SMILES string of the molecule is CC1(C)CC(=O)c2cc(N)c(NCc3cccnc3)nc2C1. The highest BCUT2D eigenvalue weighted by atomic mass is 16.1. The molecule has 0 atom stereocenters. The molecule has 5 heteroatoms. The Balaban J connectivity index is 1.86. The first-order valence-corrected chi connectivity index (χ1v) is 7.40. The normalized spacial score (nSPS) is 16.2. The van der Waals surface area contributed by atoms with Gasteiger partial charge in [-0.05, 0) is 29.5 Å². The van der Waals surface area contributed by atoms with Crippen molar-refractivity contribution in [3.05, 3.63) is 47.4 Å². The monoisotopic (exact) mass is 296 g/mol. The van der Waals surface area contributed by atoms with Crippen LogP contribution in [0.5, 0.6) is 0 Å². The third kappa shape index (κ3) is 2.93. The number of anilines is 2. The van der Waals surface area contributed by atoms with Crippen LogP contribution in [0.25, 0.3) is 0 Å². The molecule has 3 N–H and O–H groups in total. The van der Waals surface area contributed by atoms with Gasteiger partial charge in [0.15, 0.2) is 5.78 Å². The van der Waals surface area contributed by atoms with Gasteiger partial charge >= 0.3 is 0 Å². The van der Waals surface area contributed by atoms with Gasteiger partial charge in [0, 0.05) is 30.9 Å². The van der Waals surface area contributed by atoms with Gasteiger partial charge in [-0.1, -0.05) is 19.9 Å². The molecule has 0 radical (unpaired) electrons. The van der Waals surface area contributed by atoms with Gasteiger partial charge in [0.1, 0.15) is 5.82 Å². The van der Waals surface area contributed by atoms with Crippen LogP contribution in [0.1, 0.15) is 41.9 Å². The molecule has 0 spiro atoms. The Labute approximate surface area is 130 Å². The lowest BCUT2D eigenvalue weighted by Gasteiger charge is -2.30. The van der Waals surface area contributed by atoms with E-state index in [9.17, 15) is 4.79 Å². The second-order valence-corrected chi connectivity index (χ2v) is 6.58. The lowest BCUT2D eigenvalue weighted by molar-refractivity contribution is 0.0910. The zero-order valence-corrected chi connectivity index (χ0v) is 12.9. The summed E-state index contributed by atoms with van der Waals surface area (Å²) in [6.07, 6.45) is 4.87. The number of hydrogen-bond donors (Lipinski definition) is 2. The average molecular weight is 296 g/mol. The van der Waals surface area contributed by atoms with Crippen LogP contribution in [0.3, 0.4) is 0 Å². The maximum Gasteiger partial charge on any atom is 0.165 e. The highest BCUT2D eigenvalue weighted by Crippen LogP contribution is 2.35. The number of nitrogens with two attached hydrogens (primary N) is 1. The Morgan fingerprint density at radius 1 is 1.36 bits per heavy atom. The molecule has 114 valence electrons. The molecule has 2 aromatic heterocycles. The van der Waals surface area contributed by atoms with Gasteiger partial charge in [-0.25, -0.2) is 4.98 Å². The summed E-state index contributed by atoms with van der Waals surface area (Å²) in [5.74, 6) is 0.761. The molecule has 0 fully saturated rings. The van der Waals surface area contributed by atoms with E-state index in [1.54, 1.807) is 18.5 Å². The predicted octanol–water partition coefficient (Wildman–Crippen LogP) is 2.83. The summed E-state index contributed by atoms with van der Waals surface area (Å²) in [5, 5.41) is 3.23. The third-order valence-corrected chi connectivity index (χ3v) is 3.90. The first-order valence-electron chi connectivity index (χ1n) is 7.40. The van der Waals surface area contributed by atoms with E-state index in [-0.39, 0.29) is 11.2 Å². The van der Waals surface area contributed by atoms with Gasteiger partial charge in [-0.2, -0.15) is 0 Å². The average Bonchev–Trinajstić information content (AvgIpc) is 2.46. The Hall–Kier alpha value is -2.43. The predicted molar refractivity (Wildman–Crippen MR) is 86.6 cm³/mol. The fourth-order valence-electron chi connectivity index (χ4n) is 2.82. The number of nitrogens with one attached hydrogen (secondary N) is 1. The minimum Gasteiger partial charge on any atom is -0.396 e. The molecular weight excluding hydrogens is 276 g/mol. The summed E-state index contributed by atoms with van der Waals surface area (Å²) in [5.41, 5.74) is 9.07. The van der Waals surface area contributed by atoms with Crippen molar-refractivity contribution in [1.29, 1.82) is 0 Å². The number of Topliss-reactive ketones (excluding diaryl/α,β-unsaturated/α-hetero) is 1. The van der Waals surface area contributed by atoms with Gasteiger partial charge in [0.25, 0.3) is 0 Å². The highest BCUT2D eigenvalue weighted by Gasteiger charge is 2.32. The molecule has 0 unspecified atom stereocenters. The summed E-state index contributed by atoms with van der Waals surface area (Å²) in [6.45, 7) is 4.78. The third-order valence-electron chi connectivity index (χ3n) is 3.90. The van der Waals surface area contributed by atoms with Crippen LogP contribution in [0.4, 0.5) is 11.5 Å². The molecule has 0 aromatic carbocycles. The van der Waals surface area contributed by atoms with Crippen LogP contribution in [-0.4, -0.2) is 15.8 Å². The van der Waals surface area contributed by atoms with E-state index in [2.05, 4.69) is 29.1 Å². The van der Waals surface area contributed by atoms with Gasteiger partial charge < -0.3 is 11.1 Å². The number of pyridine rings is 2. The quantitative estimate of drug-likeness (QED) is 0.910. The first kappa shape index (κ1) is 14.5.